The van der Waals surface area contributed by atoms with Crippen LogP contribution in [0.3, 0.4) is 0 Å². The minimum atomic E-state index is -0.919. The standard InChI is InChI=1S/C14H16BrNO3/c15-11-3-1-2-10(5-11)14(19-8-13(17)18)6-9-4-12(14)16-7-9/h1-3,5,9,12,16H,4,6-8H2,(H,17,18). The highest BCUT2D eigenvalue weighted by molar-refractivity contribution is 9.10. The highest BCUT2D eigenvalue weighted by Crippen LogP contribution is 2.48. The Morgan fingerprint density at radius 2 is 2.42 bits per heavy atom. The number of ether oxygens (including phenoxy) is 1. The molecule has 1 aromatic carbocycles. The molecule has 1 aliphatic heterocycles. The molecule has 1 heterocycles. The van der Waals surface area contributed by atoms with Gasteiger partial charge in [0.15, 0.2) is 0 Å². The Kier molecular flexibility index (Phi) is 3.37. The highest BCUT2D eigenvalue weighted by Gasteiger charge is 2.53. The molecule has 5 heteroatoms. The normalized spacial score (nSPS) is 32.7. The average Bonchev–Trinajstić information content (AvgIpc) is 2.97. The van der Waals surface area contributed by atoms with E-state index < -0.39 is 11.6 Å². The topological polar surface area (TPSA) is 58.6 Å². The van der Waals surface area contributed by atoms with Crippen LogP contribution in [-0.4, -0.2) is 30.3 Å². The summed E-state index contributed by atoms with van der Waals surface area (Å²) in [5.74, 6) is -0.338. The van der Waals surface area contributed by atoms with E-state index in [4.69, 9.17) is 9.84 Å². The van der Waals surface area contributed by atoms with Crippen molar-refractivity contribution in [3.8, 4) is 0 Å². The van der Waals surface area contributed by atoms with Gasteiger partial charge in [0.1, 0.15) is 12.2 Å². The van der Waals surface area contributed by atoms with Gasteiger partial charge in [-0.1, -0.05) is 28.1 Å². The molecular formula is C14H16BrNO3. The van der Waals surface area contributed by atoms with Crippen molar-refractivity contribution in [1.29, 1.82) is 0 Å². The summed E-state index contributed by atoms with van der Waals surface area (Å²) in [6, 6.07) is 8.21. The average molecular weight is 326 g/mol. The van der Waals surface area contributed by atoms with Crippen molar-refractivity contribution in [3.63, 3.8) is 0 Å². The van der Waals surface area contributed by atoms with Gasteiger partial charge in [-0.05, 0) is 43.0 Å². The van der Waals surface area contributed by atoms with E-state index in [1.54, 1.807) is 0 Å². The number of hydrogen-bond donors (Lipinski definition) is 2. The molecule has 3 atom stereocenters. The van der Waals surface area contributed by atoms with Gasteiger partial charge >= 0.3 is 5.97 Å². The number of fused-ring (bicyclic) bond motifs is 2. The van der Waals surface area contributed by atoms with E-state index in [1.165, 1.54) is 0 Å². The van der Waals surface area contributed by atoms with Crippen LogP contribution in [0.1, 0.15) is 18.4 Å². The molecule has 0 radical (unpaired) electrons. The minimum Gasteiger partial charge on any atom is -0.480 e. The Bertz CT molecular complexity index is 507. The number of carbonyl (C=O) groups is 1. The van der Waals surface area contributed by atoms with Crippen LogP contribution < -0.4 is 5.32 Å². The molecule has 0 spiro atoms. The zero-order chi connectivity index (χ0) is 13.5. The number of hydrogen-bond acceptors (Lipinski definition) is 3. The first-order valence-corrected chi connectivity index (χ1v) is 7.24. The maximum Gasteiger partial charge on any atom is 0.329 e. The number of rotatable bonds is 4. The molecule has 19 heavy (non-hydrogen) atoms. The van der Waals surface area contributed by atoms with Crippen molar-refractivity contribution in [1.82, 2.24) is 5.32 Å². The molecule has 1 aliphatic carbocycles. The fraction of sp³-hybridized carbons (Fsp3) is 0.500. The first kappa shape index (κ1) is 13.1. The van der Waals surface area contributed by atoms with E-state index in [9.17, 15) is 4.79 Å². The lowest BCUT2D eigenvalue weighted by Gasteiger charge is -2.38. The Balaban J connectivity index is 1.95. The van der Waals surface area contributed by atoms with Gasteiger partial charge in [-0.2, -0.15) is 0 Å². The highest BCUT2D eigenvalue weighted by atomic mass is 79.9. The third kappa shape index (κ3) is 2.30. The number of nitrogens with one attached hydrogen (secondary N) is 1. The molecule has 0 aromatic heterocycles. The smallest absolute Gasteiger partial charge is 0.329 e. The molecule has 2 fully saturated rings. The third-order valence-corrected chi connectivity index (χ3v) is 4.64. The molecule has 102 valence electrons. The predicted molar refractivity (Wildman–Crippen MR) is 73.9 cm³/mol. The van der Waals surface area contributed by atoms with Gasteiger partial charge in [0, 0.05) is 10.5 Å². The summed E-state index contributed by atoms with van der Waals surface area (Å²) in [5, 5.41) is 12.4. The SMILES string of the molecule is O=C(O)COC1(c2cccc(Br)c2)CC2CNC1C2. The number of halogens is 1. The summed E-state index contributed by atoms with van der Waals surface area (Å²) < 4.78 is 6.84. The summed E-state index contributed by atoms with van der Waals surface area (Å²) in [6.07, 6.45) is 1.96. The third-order valence-electron chi connectivity index (χ3n) is 4.14. The molecule has 2 bridgehead atoms. The van der Waals surface area contributed by atoms with E-state index in [1.807, 2.05) is 24.3 Å². The molecule has 3 unspecified atom stereocenters. The zero-order valence-electron chi connectivity index (χ0n) is 10.4. The van der Waals surface area contributed by atoms with E-state index in [2.05, 4.69) is 21.2 Å². The van der Waals surface area contributed by atoms with Crippen molar-refractivity contribution in [2.45, 2.75) is 24.5 Å². The van der Waals surface area contributed by atoms with Crippen LogP contribution in [0.25, 0.3) is 0 Å². The number of aliphatic carboxylic acids is 1. The van der Waals surface area contributed by atoms with E-state index in [0.29, 0.717) is 5.92 Å². The molecule has 3 rings (SSSR count). The number of carboxylic acid groups (broad SMARTS) is 1. The van der Waals surface area contributed by atoms with Gasteiger partial charge in [0.2, 0.25) is 0 Å². The van der Waals surface area contributed by atoms with Gasteiger partial charge in [-0.3, -0.25) is 0 Å². The maximum atomic E-state index is 10.8. The van der Waals surface area contributed by atoms with Gasteiger partial charge < -0.3 is 15.2 Å². The molecule has 2 aliphatic rings. The lowest BCUT2D eigenvalue weighted by Crippen LogP contribution is -2.48. The summed E-state index contributed by atoms with van der Waals surface area (Å²) in [5.41, 5.74) is 0.563. The van der Waals surface area contributed by atoms with Crippen LogP contribution in [-0.2, 0) is 15.1 Å². The van der Waals surface area contributed by atoms with Crippen LogP contribution >= 0.6 is 15.9 Å². The Morgan fingerprint density at radius 3 is 3.00 bits per heavy atom. The van der Waals surface area contributed by atoms with E-state index >= 15 is 0 Å². The maximum absolute atomic E-state index is 10.8. The van der Waals surface area contributed by atoms with Crippen LogP contribution in [0, 0.1) is 5.92 Å². The monoisotopic (exact) mass is 325 g/mol. The summed E-state index contributed by atoms with van der Waals surface area (Å²) in [6.45, 7) is 0.758. The van der Waals surface area contributed by atoms with Crippen LogP contribution in [0.5, 0.6) is 0 Å². The predicted octanol–water partition coefficient (Wildman–Crippen LogP) is 2.13. The van der Waals surface area contributed by atoms with Crippen LogP contribution in [0.4, 0.5) is 0 Å². The fourth-order valence-electron chi connectivity index (χ4n) is 3.39. The molecule has 4 nitrogen and oxygen atoms in total. The second kappa shape index (κ2) is 4.89. The van der Waals surface area contributed by atoms with Gasteiger partial charge in [-0.15, -0.1) is 0 Å². The Labute approximate surface area is 120 Å². The largest absolute Gasteiger partial charge is 0.480 e. The van der Waals surface area contributed by atoms with Crippen molar-refractivity contribution in [3.05, 3.63) is 34.3 Å². The van der Waals surface area contributed by atoms with E-state index in [0.717, 1.165) is 29.4 Å². The van der Waals surface area contributed by atoms with E-state index in [-0.39, 0.29) is 12.6 Å². The summed E-state index contributed by atoms with van der Waals surface area (Å²) in [4.78, 5) is 10.8. The fourth-order valence-corrected chi connectivity index (χ4v) is 3.79. The quantitative estimate of drug-likeness (QED) is 0.890. The molecule has 1 saturated carbocycles. The first-order chi connectivity index (χ1) is 9.10. The Hall–Kier alpha value is -0.910. The molecule has 1 saturated heterocycles. The zero-order valence-corrected chi connectivity index (χ0v) is 12.0. The molecule has 2 N–H and O–H groups in total. The second-order valence-electron chi connectivity index (χ2n) is 5.35. The number of benzene rings is 1. The van der Waals surface area contributed by atoms with Gasteiger partial charge in [-0.25, -0.2) is 4.79 Å². The lowest BCUT2D eigenvalue weighted by molar-refractivity contribution is -0.153. The Morgan fingerprint density at radius 1 is 1.58 bits per heavy atom. The minimum absolute atomic E-state index is 0.214. The summed E-state index contributed by atoms with van der Waals surface area (Å²) >= 11 is 3.47. The van der Waals surface area contributed by atoms with Gasteiger partial charge in [0.05, 0.1) is 0 Å². The van der Waals surface area contributed by atoms with Crippen molar-refractivity contribution in [2.75, 3.05) is 13.2 Å². The molecular weight excluding hydrogens is 310 g/mol. The molecule has 0 amide bonds. The summed E-state index contributed by atoms with van der Waals surface area (Å²) in [7, 11) is 0. The van der Waals surface area contributed by atoms with Gasteiger partial charge in [0.25, 0.3) is 0 Å². The van der Waals surface area contributed by atoms with Crippen LogP contribution in [0.2, 0.25) is 0 Å². The van der Waals surface area contributed by atoms with Crippen LogP contribution in [0.15, 0.2) is 28.7 Å². The number of piperidine rings is 1. The first-order valence-electron chi connectivity index (χ1n) is 6.45. The lowest BCUT2D eigenvalue weighted by atomic mass is 9.86. The van der Waals surface area contributed by atoms with Crippen molar-refractivity contribution < 1.29 is 14.6 Å². The second-order valence-corrected chi connectivity index (χ2v) is 6.26. The number of carboxylic acids is 1. The van der Waals surface area contributed by atoms with Crippen molar-refractivity contribution in [2.24, 2.45) is 5.92 Å². The molecule has 1 aromatic rings. The van der Waals surface area contributed by atoms with Crippen molar-refractivity contribution >= 4 is 21.9 Å².